The fourth-order valence-corrected chi connectivity index (χ4v) is 1.90. The van der Waals surface area contributed by atoms with E-state index in [4.69, 9.17) is 19.9 Å². The fourth-order valence-electron chi connectivity index (χ4n) is 1.90. The van der Waals surface area contributed by atoms with Crippen molar-refractivity contribution in [2.24, 2.45) is 0 Å². The van der Waals surface area contributed by atoms with Crippen LogP contribution in [0.25, 0.3) is 0 Å². The van der Waals surface area contributed by atoms with E-state index in [1.54, 1.807) is 33.6 Å². The molecule has 1 aromatic heterocycles. The van der Waals surface area contributed by atoms with Crippen LogP contribution in [0.4, 0.5) is 11.8 Å². The largest absolute Gasteiger partial charge is 0.493 e. The van der Waals surface area contributed by atoms with E-state index >= 15 is 0 Å². The van der Waals surface area contributed by atoms with Crippen LogP contribution in [-0.4, -0.2) is 31.3 Å². The zero-order valence-corrected chi connectivity index (χ0v) is 12.2. The summed E-state index contributed by atoms with van der Waals surface area (Å²) in [6.07, 6.45) is 1.60. The van der Waals surface area contributed by atoms with Crippen molar-refractivity contribution in [1.29, 1.82) is 0 Å². The SMILES string of the molecule is COc1cc(CNc2ccnc(N)n2)cc(OC)c1OC. The summed E-state index contributed by atoms with van der Waals surface area (Å²) < 4.78 is 15.9. The quantitative estimate of drug-likeness (QED) is 0.836. The topological polar surface area (TPSA) is 91.5 Å². The summed E-state index contributed by atoms with van der Waals surface area (Å²) in [5.41, 5.74) is 6.50. The van der Waals surface area contributed by atoms with Gasteiger partial charge in [0.2, 0.25) is 11.7 Å². The van der Waals surface area contributed by atoms with E-state index in [1.165, 1.54) is 0 Å². The molecule has 112 valence electrons. The average Bonchev–Trinajstić information content (AvgIpc) is 2.51. The number of ether oxygens (including phenoxy) is 3. The Kier molecular flexibility index (Phi) is 4.65. The summed E-state index contributed by atoms with van der Waals surface area (Å²) in [5.74, 6) is 2.66. The Morgan fingerprint density at radius 1 is 1.10 bits per heavy atom. The van der Waals surface area contributed by atoms with Crippen LogP contribution >= 0.6 is 0 Å². The third kappa shape index (κ3) is 3.44. The first-order valence-corrected chi connectivity index (χ1v) is 6.29. The highest BCUT2D eigenvalue weighted by molar-refractivity contribution is 5.54. The lowest BCUT2D eigenvalue weighted by Gasteiger charge is -2.14. The van der Waals surface area contributed by atoms with E-state index in [9.17, 15) is 0 Å². The van der Waals surface area contributed by atoms with E-state index in [-0.39, 0.29) is 5.95 Å². The van der Waals surface area contributed by atoms with Gasteiger partial charge in [0.15, 0.2) is 11.5 Å². The van der Waals surface area contributed by atoms with Crippen molar-refractivity contribution >= 4 is 11.8 Å². The van der Waals surface area contributed by atoms with E-state index in [1.807, 2.05) is 12.1 Å². The maximum atomic E-state index is 5.54. The molecule has 0 aliphatic carbocycles. The number of nitrogens with two attached hydrogens (primary N) is 1. The first kappa shape index (κ1) is 14.7. The molecule has 1 aromatic carbocycles. The molecule has 2 aromatic rings. The Balaban J connectivity index is 2.20. The molecule has 3 N–H and O–H groups in total. The van der Waals surface area contributed by atoms with Crippen LogP contribution < -0.4 is 25.3 Å². The number of anilines is 2. The van der Waals surface area contributed by atoms with Gasteiger partial charge in [0.1, 0.15) is 5.82 Å². The number of nitrogens with one attached hydrogen (secondary N) is 1. The molecule has 0 aliphatic heterocycles. The van der Waals surface area contributed by atoms with Crippen molar-refractivity contribution in [3.05, 3.63) is 30.0 Å². The molecule has 0 saturated heterocycles. The van der Waals surface area contributed by atoms with E-state index in [0.717, 1.165) is 5.56 Å². The molecule has 1 heterocycles. The van der Waals surface area contributed by atoms with Crippen molar-refractivity contribution in [1.82, 2.24) is 9.97 Å². The molecular weight excluding hydrogens is 272 g/mol. The predicted molar refractivity (Wildman–Crippen MR) is 79.9 cm³/mol. The summed E-state index contributed by atoms with van der Waals surface area (Å²) in [4.78, 5) is 7.92. The molecule has 21 heavy (non-hydrogen) atoms. The van der Waals surface area contributed by atoms with Crippen molar-refractivity contribution in [2.75, 3.05) is 32.4 Å². The Hall–Kier alpha value is -2.70. The minimum atomic E-state index is 0.227. The van der Waals surface area contributed by atoms with E-state index in [0.29, 0.717) is 29.6 Å². The summed E-state index contributed by atoms with van der Waals surface area (Å²) in [5, 5.41) is 3.16. The third-order valence-corrected chi connectivity index (χ3v) is 2.87. The third-order valence-electron chi connectivity index (χ3n) is 2.87. The number of benzene rings is 1. The number of rotatable bonds is 6. The van der Waals surface area contributed by atoms with Gasteiger partial charge in [0.25, 0.3) is 0 Å². The molecular formula is C14H18N4O3. The Morgan fingerprint density at radius 2 is 1.76 bits per heavy atom. The molecule has 0 aliphatic rings. The molecule has 0 atom stereocenters. The van der Waals surface area contributed by atoms with E-state index < -0.39 is 0 Å². The van der Waals surface area contributed by atoms with Gasteiger partial charge in [-0.1, -0.05) is 0 Å². The van der Waals surface area contributed by atoms with Gasteiger partial charge in [-0.3, -0.25) is 0 Å². The van der Waals surface area contributed by atoms with Crippen LogP contribution in [0.5, 0.6) is 17.2 Å². The lowest BCUT2D eigenvalue weighted by molar-refractivity contribution is 0.324. The summed E-state index contributed by atoms with van der Waals surface area (Å²) in [6.45, 7) is 0.535. The van der Waals surface area contributed by atoms with Crippen LogP contribution in [0.2, 0.25) is 0 Å². The van der Waals surface area contributed by atoms with Crippen molar-refractivity contribution in [2.45, 2.75) is 6.54 Å². The van der Waals surface area contributed by atoms with Crippen molar-refractivity contribution < 1.29 is 14.2 Å². The minimum Gasteiger partial charge on any atom is -0.493 e. The standard InChI is InChI=1S/C14H18N4O3/c1-19-10-6-9(7-11(20-2)13(10)21-3)8-17-12-4-5-16-14(15)18-12/h4-7H,8H2,1-3H3,(H3,15,16,17,18). The fraction of sp³-hybridized carbons (Fsp3) is 0.286. The van der Waals surface area contributed by atoms with Crippen LogP contribution in [0, 0.1) is 0 Å². The average molecular weight is 290 g/mol. The van der Waals surface area contributed by atoms with Crippen LogP contribution in [0.15, 0.2) is 24.4 Å². The monoisotopic (exact) mass is 290 g/mol. The van der Waals surface area contributed by atoms with Crippen LogP contribution in [0.3, 0.4) is 0 Å². The molecule has 0 bridgehead atoms. The molecule has 0 radical (unpaired) electrons. The maximum absolute atomic E-state index is 5.54. The highest BCUT2D eigenvalue weighted by atomic mass is 16.5. The summed E-state index contributed by atoms with van der Waals surface area (Å²) >= 11 is 0. The molecule has 0 spiro atoms. The number of aromatic nitrogens is 2. The van der Waals surface area contributed by atoms with E-state index in [2.05, 4.69) is 15.3 Å². The molecule has 7 nitrogen and oxygen atoms in total. The molecule has 0 amide bonds. The smallest absolute Gasteiger partial charge is 0.221 e. The van der Waals surface area contributed by atoms with Crippen molar-refractivity contribution in [3.8, 4) is 17.2 Å². The second-order valence-corrected chi connectivity index (χ2v) is 4.19. The van der Waals surface area contributed by atoms with Crippen LogP contribution in [0.1, 0.15) is 5.56 Å². The highest BCUT2D eigenvalue weighted by Crippen LogP contribution is 2.38. The summed E-state index contributed by atoms with van der Waals surface area (Å²) in [7, 11) is 4.74. The van der Waals surface area contributed by atoms with Crippen LogP contribution in [-0.2, 0) is 6.54 Å². The number of hydrogen-bond donors (Lipinski definition) is 2. The summed E-state index contributed by atoms with van der Waals surface area (Å²) in [6, 6.07) is 5.49. The first-order valence-electron chi connectivity index (χ1n) is 6.29. The van der Waals surface area contributed by atoms with Gasteiger partial charge in [0.05, 0.1) is 21.3 Å². The number of methoxy groups -OCH3 is 3. The van der Waals surface area contributed by atoms with Gasteiger partial charge in [-0.05, 0) is 23.8 Å². The van der Waals surface area contributed by atoms with Gasteiger partial charge in [0, 0.05) is 12.7 Å². The molecule has 7 heteroatoms. The first-order chi connectivity index (χ1) is 10.2. The normalized spacial score (nSPS) is 10.0. The van der Waals surface area contributed by atoms with Gasteiger partial charge in [-0.25, -0.2) is 4.98 Å². The van der Waals surface area contributed by atoms with Gasteiger partial charge in [-0.2, -0.15) is 4.98 Å². The zero-order chi connectivity index (χ0) is 15.2. The maximum Gasteiger partial charge on any atom is 0.221 e. The highest BCUT2D eigenvalue weighted by Gasteiger charge is 2.13. The number of nitrogen functional groups attached to an aromatic ring is 1. The Labute approximate surface area is 123 Å². The Bertz CT molecular complexity index is 594. The van der Waals surface area contributed by atoms with Gasteiger partial charge in [-0.15, -0.1) is 0 Å². The second-order valence-electron chi connectivity index (χ2n) is 4.19. The lowest BCUT2D eigenvalue weighted by atomic mass is 10.2. The number of nitrogens with zero attached hydrogens (tertiary/aromatic N) is 2. The number of hydrogen-bond acceptors (Lipinski definition) is 7. The molecule has 0 fully saturated rings. The predicted octanol–water partition coefficient (Wildman–Crippen LogP) is 1.70. The zero-order valence-electron chi connectivity index (χ0n) is 12.2. The minimum absolute atomic E-state index is 0.227. The second kappa shape index (κ2) is 6.65. The molecule has 2 rings (SSSR count). The molecule has 0 saturated carbocycles. The lowest BCUT2D eigenvalue weighted by Crippen LogP contribution is -2.05. The van der Waals surface area contributed by atoms with Gasteiger partial charge < -0.3 is 25.3 Å². The Morgan fingerprint density at radius 3 is 2.29 bits per heavy atom. The van der Waals surface area contributed by atoms with Gasteiger partial charge >= 0.3 is 0 Å². The molecule has 0 unspecified atom stereocenters. The van der Waals surface area contributed by atoms with Crippen molar-refractivity contribution in [3.63, 3.8) is 0 Å².